The van der Waals surface area contributed by atoms with Crippen molar-refractivity contribution in [2.24, 2.45) is 0 Å². The van der Waals surface area contributed by atoms with Gasteiger partial charge in [-0.05, 0) is 38.5 Å². The van der Waals surface area contributed by atoms with Crippen LogP contribution in [0.4, 0.5) is 0 Å². The zero-order chi connectivity index (χ0) is 51.6. The van der Waals surface area contributed by atoms with E-state index < -0.39 is 113 Å². The number of allylic oxidation sites excluding steroid dienone is 2. The van der Waals surface area contributed by atoms with Crippen molar-refractivity contribution in [3.63, 3.8) is 0 Å². The molecule has 13 unspecified atom stereocenters. The van der Waals surface area contributed by atoms with E-state index in [9.17, 15) is 59.9 Å². The second-order valence-electron chi connectivity index (χ2n) is 19.4. The third kappa shape index (κ3) is 27.1. The van der Waals surface area contributed by atoms with E-state index in [2.05, 4.69) is 26.0 Å². The molecule has 9 N–H and O–H groups in total. The Kier molecular flexibility index (Phi) is 35.8. The Hall–Kier alpha value is -1.61. The van der Waals surface area contributed by atoms with Crippen LogP contribution in [0.1, 0.15) is 206 Å². The molecule has 19 heteroatoms. The standard InChI is InChI=1S/C51H95O18P/c1-3-5-7-9-11-13-15-17-18-19-20-22-23-25-27-29-31-33-40(53)64-36-38(66-41(54)34-32-30-28-26-24-21-16-14-12-10-8-6-4-2)37-65-70(62,63)69-50-47(60)45(58)44(57)46(59)49(50)68-51-48(61)43(56)42(55)39(35-52)67-51/h21,24,38-39,42-52,55-61H,3-20,22-23,25-37H2,1-2H3,(H,62,63). The van der Waals surface area contributed by atoms with Crippen LogP contribution in [0.2, 0.25) is 0 Å². The maximum Gasteiger partial charge on any atom is 0.472 e. The van der Waals surface area contributed by atoms with Gasteiger partial charge in [0.2, 0.25) is 0 Å². The predicted octanol–water partition coefficient (Wildman–Crippen LogP) is 6.88. The van der Waals surface area contributed by atoms with Gasteiger partial charge in [0.15, 0.2) is 12.4 Å². The summed E-state index contributed by atoms with van der Waals surface area (Å²) in [6.45, 7) is 2.23. The summed E-state index contributed by atoms with van der Waals surface area (Å²) in [7, 11) is -5.38. The Bertz CT molecular complexity index is 1410. The van der Waals surface area contributed by atoms with Crippen LogP contribution >= 0.6 is 7.82 Å². The first-order chi connectivity index (χ1) is 33.7. The summed E-state index contributed by atoms with van der Waals surface area (Å²) in [4.78, 5) is 36.6. The molecule has 0 bridgehead atoms. The molecule has 1 saturated heterocycles. The first-order valence-corrected chi connectivity index (χ1v) is 28.5. The quantitative estimate of drug-likeness (QED) is 0.0130. The van der Waals surface area contributed by atoms with Crippen molar-refractivity contribution in [3.05, 3.63) is 12.2 Å². The SMILES string of the molecule is CCCCCCCCC=CCCCCCC(=O)OC(COC(=O)CCCCCCCCCCCCCCCCCCC)COP(=O)(O)OC1C(O)C(O)C(O)C(O)C1OC1OC(CO)C(O)C(O)C1O. The van der Waals surface area contributed by atoms with Gasteiger partial charge in [-0.3, -0.25) is 18.6 Å². The van der Waals surface area contributed by atoms with Gasteiger partial charge >= 0.3 is 19.8 Å². The summed E-state index contributed by atoms with van der Waals surface area (Å²) in [6, 6.07) is 0. The number of carbonyl (C=O) groups excluding carboxylic acids is 2. The average Bonchev–Trinajstić information content (AvgIpc) is 3.34. The zero-order valence-corrected chi connectivity index (χ0v) is 43.5. The molecule has 0 radical (unpaired) electrons. The van der Waals surface area contributed by atoms with Crippen molar-refractivity contribution in [2.75, 3.05) is 19.8 Å². The summed E-state index contributed by atoms with van der Waals surface area (Å²) < 4.78 is 45.5. The van der Waals surface area contributed by atoms with E-state index >= 15 is 0 Å². The maximum absolute atomic E-state index is 13.4. The first kappa shape index (κ1) is 64.5. The molecule has 1 aliphatic carbocycles. The lowest BCUT2D eigenvalue weighted by Crippen LogP contribution is -2.67. The molecule has 1 heterocycles. The molecule has 2 fully saturated rings. The van der Waals surface area contributed by atoms with Crippen LogP contribution in [0.3, 0.4) is 0 Å². The topological polar surface area (TPSA) is 289 Å². The highest BCUT2D eigenvalue weighted by Gasteiger charge is 2.55. The highest BCUT2D eigenvalue weighted by atomic mass is 31.2. The van der Waals surface area contributed by atoms with Gasteiger partial charge in [0, 0.05) is 12.8 Å². The number of esters is 2. The van der Waals surface area contributed by atoms with Crippen LogP contribution < -0.4 is 0 Å². The minimum Gasteiger partial charge on any atom is -0.462 e. The van der Waals surface area contributed by atoms with Gasteiger partial charge in [0.25, 0.3) is 0 Å². The van der Waals surface area contributed by atoms with Gasteiger partial charge in [-0.2, -0.15) is 0 Å². The van der Waals surface area contributed by atoms with Crippen molar-refractivity contribution in [3.8, 4) is 0 Å². The number of phosphoric ester groups is 1. The number of hydrogen-bond donors (Lipinski definition) is 9. The summed E-state index contributed by atoms with van der Waals surface area (Å²) in [5.74, 6) is -1.23. The van der Waals surface area contributed by atoms with E-state index in [1.54, 1.807) is 0 Å². The molecule has 0 aromatic rings. The van der Waals surface area contributed by atoms with Crippen molar-refractivity contribution in [2.45, 2.75) is 280 Å². The van der Waals surface area contributed by atoms with Crippen molar-refractivity contribution in [1.82, 2.24) is 0 Å². The molecule has 0 aromatic heterocycles. The number of rotatable bonds is 42. The van der Waals surface area contributed by atoms with Crippen molar-refractivity contribution in [1.29, 1.82) is 0 Å². The molecule has 412 valence electrons. The highest BCUT2D eigenvalue weighted by molar-refractivity contribution is 7.47. The number of carbonyl (C=O) groups is 2. The Morgan fingerprint density at radius 3 is 1.43 bits per heavy atom. The molecule has 0 aromatic carbocycles. The second kappa shape index (κ2) is 38.9. The van der Waals surface area contributed by atoms with Gasteiger partial charge < -0.3 is 64.7 Å². The molecular weight excluding hydrogens is 932 g/mol. The van der Waals surface area contributed by atoms with Crippen LogP contribution in [-0.4, -0.2) is 151 Å². The number of hydrogen-bond acceptors (Lipinski definition) is 17. The van der Waals surface area contributed by atoms with Crippen LogP contribution in [0, 0.1) is 0 Å². The monoisotopic (exact) mass is 1030 g/mol. The van der Waals surface area contributed by atoms with Crippen LogP contribution in [0.15, 0.2) is 12.2 Å². The van der Waals surface area contributed by atoms with E-state index in [-0.39, 0.29) is 12.8 Å². The normalized spacial score (nSPS) is 27.4. The van der Waals surface area contributed by atoms with Gasteiger partial charge in [-0.15, -0.1) is 0 Å². The molecule has 18 nitrogen and oxygen atoms in total. The number of aliphatic hydroxyl groups excluding tert-OH is 8. The molecule has 0 spiro atoms. The fraction of sp³-hybridized carbons (Fsp3) is 0.922. The lowest BCUT2D eigenvalue weighted by atomic mass is 9.84. The molecule has 2 aliphatic rings. The van der Waals surface area contributed by atoms with E-state index in [0.29, 0.717) is 12.8 Å². The number of aliphatic hydroxyl groups is 8. The number of ether oxygens (including phenoxy) is 4. The predicted molar refractivity (Wildman–Crippen MR) is 263 cm³/mol. The van der Waals surface area contributed by atoms with E-state index in [0.717, 1.165) is 51.4 Å². The zero-order valence-electron chi connectivity index (χ0n) is 42.6. The van der Waals surface area contributed by atoms with Crippen LogP contribution in [0.25, 0.3) is 0 Å². The summed E-state index contributed by atoms with van der Waals surface area (Å²) in [5.41, 5.74) is 0. The minimum absolute atomic E-state index is 0.0157. The number of phosphoric acid groups is 1. The molecule has 1 aliphatic heterocycles. The lowest BCUT2D eigenvalue weighted by molar-refractivity contribution is -0.338. The van der Waals surface area contributed by atoms with Crippen LogP contribution in [-0.2, 0) is 42.1 Å². The first-order valence-electron chi connectivity index (χ1n) is 27.0. The molecule has 1 saturated carbocycles. The number of unbranched alkanes of at least 4 members (excludes halogenated alkanes) is 25. The van der Waals surface area contributed by atoms with E-state index in [1.807, 2.05) is 0 Å². The molecular formula is C51H95O18P. The summed E-state index contributed by atoms with van der Waals surface area (Å²) >= 11 is 0. The smallest absolute Gasteiger partial charge is 0.462 e. The van der Waals surface area contributed by atoms with Crippen LogP contribution in [0.5, 0.6) is 0 Å². The Balaban J connectivity index is 1.91. The third-order valence-corrected chi connectivity index (χ3v) is 14.2. The largest absolute Gasteiger partial charge is 0.472 e. The Morgan fingerprint density at radius 2 is 0.943 bits per heavy atom. The average molecular weight is 1030 g/mol. The highest BCUT2D eigenvalue weighted by Crippen LogP contribution is 2.48. The fourth-order valence-corrected chi connectivity index (χ4v) is 9.73. The molecule has 13 atom stereocenters. The summed E-state index contributed by atoms with van der Waals surface area (Å²) in [6.07, 6.45) is 12.9. The molecule has 0 amide bonds. The van der Waals surface area contributed by atoms with E-state index in [1.165, 1.54) is 116 Å². The Morgan fingerprint density at radius 1 is 0.529 bits per heavy atom. The van der Waals surface area contributed by atoms with Gasteiger partial charge in [-0.25, -0.2) is 4.57 Å². The Labute approximate surface area is 418 Å². The summed E-state index contributed by atoms with van der Waals surface area (Å²) in [5, 5.41) is 83.0. The third-order valence-electron chi connectivity index (χ3n) is 13.2. The molecule has 70 heavy (non-hydrogen) atoms. The van der Waals surface area contributed by atoms with Gasteiger partial charge in [0.05, 0.1) is 13.2 Å². The molecule has 2 rings (SSSR count). The lowest BCUT2D eigenvalue weighted by Gasteiger charge is -2.47. The maximum atomic E-state index is 13.4. The minimum atomic E-state index is -5.38. The van der Waals surface area contributed by atoms with Crippen molar-refractivity contribution < 1.29 is 87.9 Å². The van der Waals surface area contributed by atoms with Gasteiger partial charge in [-0.1, -0.05) is 167 Å². The van der Waals surface area contributed by atoms with Gasteiger partial charge in [0.1, 0.15) is 67.6 Å². The van der Waals surface area contributed by atoms with E-state index in [4.69, 9.17) is 28.0 Å². The van der Waals surface area contributed by atoms with Crippen molar-refractivity contribution >= 4 is 19.8 Å². The fourth-order valence-electron chi connectivity index (χ4n) is 8.76. The second-order valence-corrected chi connectivity index (χ2v) is 20.8.